The average molecular weight is 352 g/mol. The van der Waals surface area contributed by atoms with Gasteiger partial charge in [0.2, 0.25) is 0 Å². The lowest BCUT2D eigenvalue weighted by Crippen LogP contribution is -2.11. The Labute approximate surface area is 149 Å². The molecule has 2 rings (SSSR count). The van der Waals surface area contributed by atoms with Gasteiger partial charge in [-0.25, -0.2) is 14.6 Å². The summed E-state index contributed by atoms with van der Waals surface area (Å²) in [6.45, 7) is 0. The van der Waals surface area contributed by atoms with Crippen LogP contribution in [-0.2, 0) is 9.47 Å². The monoisotopic (exact) mass is 352 g/mol. The number of carbonyl (C=O) groups is 2. The summed E-state index contributed by atoms with van der Waals surface area (Å²) >= 11 is 4.54. The largest absolute Gasteiger partial charge is 0.464 e. The van der Waals surface area contributed by atoms with Crippen molar-refractivity contribution >= 4 is 35.0 Å². The Hall–Kier alpha value is -3.33. The molecule has 124 valence electrons. The summed E-state index contributed by atoms with van der Waals surface area (Å²) in [5, 5.41) is 2.28. The molecule has 1 aromatic heterocycles. The molecule has 2 aromatic rings. The van der Waals surface area contributed by atoms with Gasteiger partial charge in [0.1, 0.15) is 0 Å². The topological polar surface area (TPSA) is 77.8 Å². The molecule has 0 bridgehead atoms. The van der Waals surface area contributed by atoms with Crippen molar-refractivity contribution in [2.45, 2.75) is 0 Å². The van der Waals surface area contributed by atoms with Crippen molar-refractivity contribution in [3.05, 3.63) is 58.9 Å². The Balaban J connectivity index is 2.40. The van der Waals surface area contributed by atoms with Crippen LogP contribution in [0.25, 0.3) is 0 Å². The summed E-state index contributed by atoms with van der Waals surface area (Å²) < 4.78 is 9.26. The smallest absolute Gasteiger partial charge is 0.356 e. The lowest BCUT2D eigenvalue weighted by atomic mass is 10.1. The lowest BCUT2D eigenvalue weighted by molar-refractivity contribution is 0.0585. The maximum Gasteiger partial charge on any atom is 0.356 e. The third kappa shape index (κ3) is 4.82. The number of hydrogen-bond donors (Lipinski definition) is 0. The number of hydrogen-bond acceptors (Lipinski definition) is 7. The van der Waals surface area contributed by atoms with Gasteiger partial charge in [-0.2, -0.15) is 4.99 Å². The Morgan fingerprint density at radius 1 is 0.960 bits per heavy atom. The van der Waals surface area contributed by atoms with E-state index >= 15 is 0 Å². The van der Waals surface area contributed by atoms with E-state index < -0.39 is 11.9 Å². The highest BCUT2D eigenvalue weighted by atomic mass is 32.1. The highest BCUT2D eigenvalue weighted by molar-refractivity contribution is 7.78. The molecular formula is C18H12N2O4S. The molecule has 0 N–H and O–H groups in total. The van der Waals surface area contributed by atoms with E-state index in [1.807, 2.05) is 0 Å². The molecule has 0 aliphatic rings. The molecule has 0 amide bonds. The summed E-state index contributed by atoms with van der Waals surface area (Å²) in [4.78, 5) is 31.2. The lowest BCUT2D eigenvalue weighted by Gasteiger charge is -2.03. The highest BCUT2D eigenvalue weighted by Crippen LogP contribution is 2.12. The number of thiocarbonyl (C=S) groups is 1. The van der Waals surface area contributed by atoms with E-state index in [0.29, 0.717) is 11.3 Å². The van der Waals surface area contributed by atoms with Crippen LogP contribution in [0, 0.1) is 11.8 Å². The van der Waals surface area contributed by atoms with Crippen LogP contribution >= 0.6 is 12.2 Å². The molecule has 0 unspecified atom stereocenters. The number of carbonyl (C=O) groups excluding carboxylic acids is 2. The number of aliphatic imine (C=N–C) groups is 1. The van der Waals surface area contributed by atoms with E-state index in [0.717, 1.165) is 5.56 Å². The summed E-state index contributed by atoms with van der Waals surface area (Å²) in [6, 6.07) is 9.90. The zero-order valence-electron chi connectivity index (χ0n) is 13.4. The zero-order valence-corrected chi connectivity index (χ0v) is 14.2. The van der Waals surface area contributed by atoms with Crippen molar-refractivity contribution in [3.63, 3.8) is 0 Å². The summed E-state index contributed by atoms with van der Waals surface area (Å²) in [6.07, 6.45) is 0. The Morgan fingerprint density at radius 2 is 1.48 bits per heavy atom. The molecule has 0 spiro atoms. The second kappa shape index (κ2) is 8.50. The number of aromatic nitrogens is 1. The van der Waals surface area contributed by atoms with Crippen LogP contribution in [0.2, 0.25) is 0 Å². The molecule has 0 saturated heterocycles. The van der Waals surface area contributed by atoms with E-state index in [9.17, 15) is 9.59 Å². The fourth-order valence-electron chi connectivity index (χ4n) is 1.84. The van der Waals surface area contributed by atoms with Crippen molar-refractivity contribution in [3.8, 4) is 11.8 Å². The number of methoxy groups -OCH3 is 2. The van der Waals surface area contributed by atoms with Crippen LogP contribution in [0.4, 0.5) is 5.69 Å². The minimum Gasteiger partial charge on any atom is -0.464 e. The van der Waals surface area contributed by atoms with Gasteiger partial charge in [0.15, 0.2) is 11.4 Å². The molecular weight excluding hydrogens is 340 g/mol. The zero-order chi connectivity index (χ0) is 18.2. The molecule has 1 heterocycles. The SMILES string of the molecule is COC(=O)c1cc(C#Cc2ccc(N=C=S)cc2)cc(C(=O)OC)n1. The Bertz CT molecular complexity index is 886. The maximum atomic E-state index is 11.7. The average Bonchev–Trinajstić information content (AvgIpc) is 2.66. The number of pyridine rings is 1. The van der Waals surface area contributed by atoms with Gasteiger partial charge in [-0.15, -0.1) is 0 Å². The standard InChI is InChI=1S/C18H12N2O4S/c1-23-17(21)15-9-13(10-16(20-15)18(22)24-2)4-3-12-5-7-14(8-6-12)19-11-25/h5-10H,1-2H3. The quantitative estimate of drug-likeness (QED) is 0.366. The van der Waals surface area contributed by atoms with E-state index in [1.165, 1.54) is 26.4 Å². The predicted octanol–water partition coefficient (Wildman–Crippen LogP) is 2.79. The van der Waals surface area contributed by atoms with Crippen LogP contribution in [-0.4, -0.2) is 36.3 Å². The first kappa shape index (κ1) is 18.0. The van der Waals surface area contributed by atoms with Crippen molar-refractivity contribution in [1.29, 1.82) is 0 Å². The third-order valence-corrected chi connectivity index (χ3v) is 3.10. The Morgan fingerprint density at radius 3 is 1.96 bits per heavy atom. The van der Waals surface area contributed by atoms with E-state index in [1.54, 1.807) is 24.3 Å². The molecule has 0 aliphatic carbocycles. The van der Waals surface area contributed by atoms with Gasteiger partial charge < -0.3 is 9.47 Å². The van der Waals surface area contributed by atoms with Crippen molar-refractivity contribution in [2.75, 3.05) is 14.2 Å². The second-order valence-corrected chi connectivity index (χ2v) is 4.79. The van der Waals surface area contributed by atoms with Crippen molar-refractivity contribution in [2.24, 2.45) is 4.99 Å². The first-order valence-corrected chi connectivity index (χ1v) is 7.37. The third-order valence-electron chi connectivity index (χ3n) is 3.01. The van der Waals surface area contributed by atoms with Crippen LogP contribution in [0.3, 0.4) is 0 Å². The second-order valence-electron chi connectivity index (χ2n) is 4.61. The number of rotatable bonds is 3. The minimum absolute atomic E-state index is 0.0274. The van der Waals surface area contributed by atoms with Gasteiger partial charge >= 0.3 is 11.9 Å². The Kier molecular flexibility index (Phi) is 6.13. The van der Waals surface area contributed by atoms with Gasteiger partial charge in [-0.1, -0.05) is 11.8 Å². The normalized spacial score (nSPS) is 9.20. The first-order chi connectivity index (χ1) is 12.1. The van der Waals surface area contributed by atoms with Crippen LogP contribution in [0.15, 0.2) is 41.4 Å². The molecule has 6 nitrogen and oxygen atoms in total. The molecule has 0 radical (unpaired) electrons. The molecule has 0 saturated carbocycles. The number of ether oxygens (including phenoxy) is 2. The van der Waals surface area contributed by atoms with Gasteiger partial charge in [-0.3, -0.25) is 0 Å². The van der Waals surface area contributed by atoms with Crippen LogP contribution in [0.5, 0.6) is 0 Å². The van der Waals surface area contributed by atoms with E-state index in [4.69, 9.17) is 0 Å². The minimum atomic E-state index is -0.670. The molecule has 7 heteroatoms. The number of nitrogens with zero attached hydrogens (tertiary/aromatic N) is 2. The molecule has 1 aromatic carbocycles. The molecule has 0 atom stereocenters. The highest BCUT2D eigenvalue weighted by Gasteiger charge is 2.15. The number of benzene rings is 1. The predicted molar refractivity (Wildman–Crippen MR) is 94.0 cm³/mol. The van der Waals surface area contributed by atoms with Crippen molar-refractivity contribution in [1.82, 2.24) is 4.98 Å². The van der Waals surface area contributed by atoms with Crippen LogP contribution in [0.1, 0.15) is 32.1 Å². The molecule has 25 heavy (non-hydrogen) atoms. The fraction of sp³-hybridized carbons (Fsp3) is 0.111. The van der Waals surface area contributed by atoms with Crippen LogP contribution < -0.4 is 0 Å². The van der Waals surface area contributed by atoms with Crippen molar-refractivity contribution < 1.29 is 19.1 Å². The summed E-state index contributed by atoms with van der Waals surface area (Å²) in [5.74, 6) is 4.47. The van der Waals surface area contributed by atoms with Gasteiger partial charge in [0.25, 0.3) is 0 Å². The van der Waals surface area contributed by atoms with Gasteiger partial charge in [0.05, 0.1) is 25.1 Å². The fourth-order valence-corrected chi connectivity index (χ4v) is 1.94. The molecule has 0 aliphatic heterocycles. The van der Waals surface area contributed by atoms with Gasteiger partial charge in [0, 0.05) is 11.1 Å². The maximum absolute atomic E-state index is 11.7. The van der Waals surface area contributed by atoms with Gasteiger partial charge in [-0.05, 0) is 48.6 Å². The number of esters is 2. The molecule has 0 fully saturated rings. The summed E-state index contributed by atoms with van der Waals surface area (Å²) in [5.41, 5.74) is 1.77. The summed E-state index contributed by atoms with van der Waals surface area (Å²) in [7, 11) is 2.45. The van der Waals surface area contributed by atoms with E-state index in [2.05, 4.69) is 48.7 Å². The number of isothiocyanates is 1. The first-order valence-electron chi connectivity index (χ1n) is 6.96. The van der Waals surface area contributed by atoms with E-state index in [-0.39, 0.29) is 11.4 Å².